The number of aromatic nitrogens is 2. The molecule has 0 unspecified atom stereocenters. The van der Waals surface area contributed by atoms with Gasteiger partial charge in [0.2, 0.25) is 0 Å². The third-order valence-electron chi connectivity index (χ3n) is 6.07. The van der Waals surface area contributed by atoms with E-state index >= 15 is 0 Å². The topological polar surface area (TPSA) is 48.2 Å². The van der Waals surface area contributed by atoms with Gasteiger partial charge in [0.25, 0.3) is 0 Å². The zero-order valence-electron chi connectivity index (χ0n) is 16.1. The molecule has 2 aliphatic rings. The molecular weight excluding hydrogens is 403 g/mol. The van der Waals surface area contributed by atoms with E-state index in [1.165, 1.54) is 17.7 Å². The minimum absolute atomic E-state index is 0.226. The number of fused-ring (bicyclic) bond motifs is 3. The van der Waals surface area contributed by atoms with Gasteiger partial charge in [-0.15, -0.1) is 0 Å². The lowest BCUT2D eigenvalue weighted by Gasteiger charge is -2.15. The molecule has 6 heteroatoms. The molecule has 0 N–H and O–H groups in total. The normalized spacial score (nSPS) is 17.6. The average Bonchev–Trinajstić information content (AvgIpc) is 3.36. The minimum atomic E-state index is -0.303. The van der Waals surface area contributed by atoms with Gasteiger partial charge in [0.05, 0.1) is 11.2 Å². The van der Waals surface area contributed by atoms with Crippen LogP contribution in [0.2, 0.25) is 5.02 Å². The summed E-state index contributed by atoms with van der Waals surface area (Å²) >= 11 is 6.47. The lowest BCUT2D eigenvalue weighted by atomic mass is 9.93. The second-order valence-electron chi connectivity index (χ2n) is 7.95. The molecule has 2 aromatic heterocycles. The van der Waals surface area contributed by atoms with Gasteiger partial charge in [0.1, 0.15) is 11.6 Å². The molecular formula is C24H18ClFN2O2. The molecule has 1 aliphatic carbocycles. The number of ether oxygens (including phenoxy) is 1. The lowest BCUT2D eigenvalue weighted by molar-refractivity contribution is 0.189. The lowest BCUT2D eigenvalue weighted by Crippen LogP contribution is -2.08. The smallest absolute Gasteiger partial charge is 0.181 e. The van der Waals surface area contributed by atoms with E-state index in [4.69, 9.17) is 20.9 Å². The van der Waals surface area contributed by atoms with Crippen molar-refractivity contribution in [3.8, 4) is 16.9 Å². The summed E-state index contributed by atoms with van der Waals surface area (Å²) in [5.74, 6) is 1.29. The summed E-state index contributed by atoms with van der Waals surface area (Å²) in [5, 5.41) is 5.63. The fourth-order valence-electron chi connectivity index (χ4n) is 4.69. The van der Waals surface area contributed by atoms with E-state index in [-0.39, 0.29) is 11.9 Å². The SMILES string of the molecule is Fc1ccc2nccc(-c3cc(Cl)cc4c3O[C@@H](c3onc5c3CCCC5)C4)c2c1. The number of aryl methyl sites for hydroxylation is 1. The van der Waals surface area contributed by atoms with E-state index in [1.807, 2.05) is 18.2 Å². The van der Waals surface area contributed by atoms with Gasteiger partial charge in [-0.2, -0.15) is 0 Å². The molecule has 0 saturated heterocycles. The molecule has 30 heavy (non-hydrogen) atoms. The fraction of sp³-hybridized carbons (Fsp3) is 0.250. The highest BCUT2D eigenvalue weighted by atomic mass is 35.5. The van der Waals surface area contributed by atoms with Crippen LogP contribution in [-0.2, 0) is 19.3 Å². The Labute approximate surface area is 177 Å². The van der Waals surface area contributed by atoms with Crippen LogP contribution in [0.25, 0.3) is 22.0 Å². The number of hydrogen-bond donors (Lipinski definition) is 0. The third kappa shape index (κ3) is 2.80. The first-order valence-electron chi connectivity index (χ1n) is 10.2. The van der Waals surface area contributed by atoms with E-state index in [9.17, 15) is 4.39 Å². The highest BCUT2D eigenvalue weighted by molar-refractivity contribution is 6.31. The van der Waals surface area contributed by atoms with Crippen LogP contribution in [0.1, 0.15) is 41.5 Å². The molecule has 0 fully saturated rings. The first kappa shape index (κ1) is 17.9. The summed E-state index contributed by atoms with van der Waals surface area (Å²) in [6.07, 6.45) is 6.40. The van der Waals surface area contributed by atoms with Gasteiger partial charge in [-0.05, 0) is 67.6 Å². The number of rotatable bonds is 2. The Bertz CT molecular complexity index is 1300. The molecule has 0 amide bonds. The van der Waals surface area contributed by atoms with E-state index in [2.05, 4.69) is 10.1 Å². The van der Waals surface area contributed by atoms with Crippen molar-refractivity contribution in [2.45, 2.75) is 38.2 Å². The molecule has 0 saturated carbocycles. The Kier molecular flexibility index (Phi) is 4.06. The predicted molar refractivity (Wildman–Crippen MR) is 112 cm³/mol. The van der Waals surface area contributed by atoms with Crippen LogP contribution in [0, 0.1) is 5.82 Å². The molecule has 3 heterocycles. The largest absolute Gasteiger partial charge is 0.481 e. The quantitative estimate of drug-likeness (QED) is 0.385. The zero-order chi connectivity index (χ0) is 20.2. The van der Waals surface area contributed by atoms with Crippen molar-refractivity contribution in [2.24, 2.45) is 0 Å². The highest BCUT2D eigenvalue weighted by Crippen LogP contribution is 2.47. The molecule has 1 aliphatic heterocycles. The maximum Gasteiger partial charge on any atom is 0.181 e. The van der Waals surface area contributed by atoms with Crippen molar-refractivity contribution >= 4 is 22.5 Å². The van der Waals surface area contributed by atoms with Crippen LogP contribution >= 0.6 is 11.6 Å². The Hall–Kier alpha value is -2.92. The molecule has 2 aromatic carbocycles. The number of hydrogen-bond acceptors (Lipinski definition) is 4. The maximum atomic E-state index is 14.0. The van der Waals surface area contributed by atoms with E-state index in [0.717, 1.165) is 70.5 Å². The summed E-state index contributed by atoms with van der Waals surface area (Å²) in [7, 11) is 0. The summed E-state index contributed by atoms with van der Waals surface area (Å²) in [6, 6.07) is 10.3. The maximum absolute atomic E-state index is 14.0. The van der Waals surface area contributed by atoms with Gasteiger partial charge in [0.15, 0.2) is 11.9 Å². The molecule has 6 rings (SSSR count). The van der Waals surface area contributed by atoms with Crippen molar-refractivity contribution < 1.29 is 13.7 Å². The van der Waals surface area contributed by atoms with Crippen molar-refractivity contribution in [3.63, 3.8) is 0 Å². The monoisotopic (exact) mass is 420 g/mol. The molecule has 0 radical (unpaired) electrons. The van der Waals surface area contributed by atoms with Crippen LogP contribution in [0.15, 0.2) is 47.1 Å². The summed E-state index contributed by atoms with van der Waals surface area (Å²) < 4.78 is 26.1. The second kappa shape index (κ2) is 6.81. The zero-order valence-corrected chi connectivity index (χ0v) is 16.9. The van der Waals surface area contributed by atoms with Crippen LogP contribution in [0.4, 0.5) is 4.39 Å². The van der Waals surface area contributed by atoms with Gasteiger partial charge in [-0.3, -0.25) is 4.98 Å². The first-order chi connectivity index (χ1) is 14.7. The van der Waals surface area contributed by atoms with Crippen molar-refractivity contribution in [1.29, 1.82) is 0 Å². The molecule has 150 valence electrons. The standard InChI is InChI=1S/C24H18ClFN2O2/c25-14-9-13-10-22(24-17-3-1-2-4-21(17)28-30-24)29-23(13)19(11-14)16-7-8-27-20-6-5-15(26)12-18(16)20/h5-9,11-12,22H,1-4,10H2/t22-/m1/s1. The second-order valence-corrected chi connectivity index (χ2v) is 8.39. The number of halogens is 2. The van der Waals surface area contributed by atoms with Gasteiger partial charge >= 0.3 is 0 Å². The molecule has 0 spiro atoms. The Morgan fingerprint density at radius 3 is 2.87 bits per heavy atom. The van der Waals surface area contributed by atoms with E-state index < -0.39 is 0 Å². The van der Waals surface area contributed by atoms with Gasteiger partial charge < -0.3 is 9.26 Å². The van der Waals surface area contributed by atoms with Crippen molar-refractivity contribution in [3.05, 3.63) is 76.0 Å². The van der Waals surface area contributed by atoms with Crippen LogP contribution in [0.5, 0.6) is 5.75 Å². The van der Waals surface area contributed by atoms with Crippen molar-refractivity contribution in [1.82, 2.24) is 10.1 Å². The van der Waals surface area contributed by atoms with Crippen molar-refractivity contribution in [2.75, 3.05) is 0 Å². The molecule has 0 bridgehead atoms. The minimum Gasteiger partial charge on any atom is -0.481 e. The van der Waals surface area contributed by atoms with Gasteiger partial charge in [0, 0.05) is 39.7 Å². The molecule has 4 aromatic rings. The van der Waals surface area contributed by atoms with E-state index in [1.54, 1.807) is 12.3 Å². The Morgan fingerprint density at radius 2 is 1.93 bits per heavy atom. The summed E-state index contributed by atoms with van der Waals surface area (Å²) in [6.45, 7) is 0. The van der Waals surface area contributed by atoms with Gasteiger partial charge in [-0.25, -0.2) is 4.39 Å². The number of nitrogens with zero attached hydrogens (tertiary/aromatic N) is 2. The van der Waals surface area contributed by atoms with Crippen LogP contribution < -0.4 is 4.74 Å². The molecule has 1 atom stereocenters. The summed E-state index contributed by atoms with van der Waals surface area (Å²) in [5.41, 5.74) is 5.68. The van der Waals surface area contributed by atoms with Crippen LogP contribution in [-0.4, -0.2) is 10.1 Å². The Balaban J connectivity index is 1.47. The predicted octanol–water partition coefficient (Wildman–Crippen LogP) is 6.24. The summed E-state index contributed by atoms with van der Waals surface area (Å²) in [4.78, 5) is 4.36. The highest BCUT2D eigenvalue weighted by Gasteiger charge is 2.34. The van der Waals surface area contributed by atoms with Crippen LogP contribution in [0.3, 0.4) is 0 Å². The molecule has 4 nitrogen and oxygen atoms in total. The third-order valence-corrected chi connectivity index (χ3v) is 6.29. The van der Waals surface area contributed by atoms with Gasteiger partial charge in [-0.1, -0.05) is 16.8 Å². The number of pyridine rings is 1. The Morgan fingerprint density at radius 1 is 1.03 bits per heavy atom. The average molecular weight is 421 g/mol. The number of benzene rings is 2. The first-order valence-corrected chi connectivity index (χ1v) is 10.6. The fourth-order valence-corrected chi connectivity index (χ4v) is 4.93. The van der Waals surface area contributed by atoms with E-state index in [0.29, 0.717) is 11.4 Å².